The predicted molar refractivity (Wildman–Crippen MR) is 66.8 cm³/mol. The lowest BCUT2D eigenvalue weighted by molar-refractivity contribution is -0.119. The number of ether oxygens (including phenoxy) is 2. The maximum absolute atomic E-state index is 10.7. The lowest BCUT2D eigenvalue weighted by Gasteiger charge is -2.18. The molecule has 0 radical (unpaired) electrons. The molecule has 0 aliphatic carbocycles. The van der Waals surface area contributed by atoms with Crippen LogP contribution in [-0.4, -0.2) is 35.6 Å². The Hall–Kier alpha value is -1.79. The molecule has 19 heavy (non-hydrogen) atoms. The topological polar surface area (TPSA) is 88.0 Å². The Kier molecular flexibility index (Phi) is 4.24. The van der Waals surface area contributed by atoms with E-state index in [1.165, 1.54) is 6.92 Å². The summed E-state index contributed by atoms with van der Waals surface area (Å²) in [6.07, 6.45) is -1.70. The van der Waals surface area contributed by atoms with Crippen LogP contribution in [-0.2, 0) is 4.79 Å². The zero-order valence-electron chi connectivity index (χ0n) is 10.6. The van der Waals surface area contributed by atoms with Gasteiger partial charge in [0.15, 0.2) is 11.5 Å². The molecule has 1 aromatic rings. The van der Waals surface area contributed by atoms with E-state index in [1.54, 1.807) is 18.2 Å². The molecular weight excluding hydrogens is 250 g/mol. The van der Waals surface area contributed by atoms with Gasteiger partial charge in [-0.15, -0.1) is 0 Å². The lowest BCUT2D eigenvalue weighted by atomic mass is 10.0. The van der Waals surface area contributed by atoms with Gasteiger partial charge in [0.1, 0.15) is 6.10 Å². The highest BCUT2D eigenvalue weighted by atomic mass is 16.7. The van der Waals surface area contributed by atoms with Crippen LogP contribution < -0.4 is 14.8 Å². The van der Waals surface area contributed by atoms with Crippen molar-refractivity contribution in [1.29, 1.82) is 0 Å². The third-order valence-corrected chi connectivity index (χ3v) is 2.92. The Labute approximate surface area is 111 Å². The number of aliphatic hydroxyl groups is 2. The normalized spacial score (nSPS) is 15.9. The Morgan fingerprint density at radius 2 is 2.11 bits per heavy atom. The van der Waals surface area contributed by atoms with Gasteiger partial charge in [-0.25, -0.2) is 0 Å². The largest absolute Gasteiger partial charge is 0.454 e. The van der Waals surface area contributed by atoms with Crippen molar-refractivity contribution in [2.24, 2.45) is 0 Å². The fraction of sp³-hybridized carbons (Fsp3) is 0.462. The van der Waals surface area contributed by atoms with Crippen LogP contribution in [0.3, 0.4) is 0 Å². The lowest BCUT2D eigenvalue weighted by Crippen LogP contribution is -2.27. The second-order valence-corrected chi connectivity index (χ2v) is 4.40. The zero-order chi connectivity index (χ0) is 13.8. The van der Waals surface area contributed by atoms with Crippen LogP contribution >= 0.6 is 0 Å². The Morgan fingerprint density at radius 3 is 2.84 bits per heavy atom. The number of aliphatic hydroxyl groups excluding tert-OH is 2. The predicted octanol–water partition coefficient (Wildman–Crippen LogP) is 0.336. The third kappa shape index (κ3) is 3.36. The maximum atomic E-state index is 10.7. The van der Waals surface area contributed by atoms with Gasteiger partial charge in [0.2, 0.25) is 12.7 Å². The number of amides is 1. The average molecular weight is 267 g/mol. The molecule has 2 rings (SSSR count). The quantitative estimate of drug-likeness (QED) is 0.716. The number of rotatable bonds is 5. The summed E-state index contributed by atoms with van der Waals surface area (Å²) < 4.78 is 10.4. The molecule has 1 amide bonds. The van der Waals surface area contributed by atoms with E-state index in [0.717, 1.165) is 0 Å². The molecule has 1 aliphatic rings. The summed E-state index contributed by atoms with van der Waals surface area (Å²) in [4.78, 5) is 10.7. The van der Waals surface area contributed by atoms with E-state index in [-0.39, 0.29) is 19.1 Å². The van der Waals surface area contributed by atoms with E-state index in [9.17, 15) is 15.0 Å². The Morgan fingerprint density at radius 1 is 1.37 bits per heavy atom. The van der Waals surface area contributed by atoms with Crippen molar-refractivity contribution in [2.45, 2.75) is 25.6 Å². The van der Waals surface area contributed by atoms with Crippen LogP contribution in [0.4, 0.5) is 0 Å². The maximum Gasteiger partial charge on any atom is 0.231 e. The Bertz CT molecular complexity index is 462. The molecule has 3 N–H and O–H groups in total. The smallest absolute Gasteiger partial charge is 0.231 e. The number of nitrogens with one attached hydrogen (secondary N) is 1. The summed E-state index contributed by atoms with van der Waals surface area (Å²) >= 11 is 0. The summed E-state index contributed by atoms with van der Waals surface area (Å²) in [6, 6.07) is 5.02. The van der Waals surface area contributed by atoms with Crippen LogP contribution in [0.25, 0.3) is 0 Å². The monoisotopic (exact) mass is 267 g/mol. The summed E-state index contributed by atoms with van der Waals surface area (Å²) in [5, 5.41) is 22.5. The van der Waals surface area contributed by atoms with Gasteiger partial charge >= 0.3 is 0 Å². The first-order valence-corrected chi connectivity index (χ1v) is 6.08. The van der Waals surface area contributed by atoms with E-state index in [1.807, 2.05) is 0 Å². The minimum Gasteiger partial charge on any atom is -0.454 e. The Balaban J connectivity index is 1.94. The van der Waals surface area contributed by atoms with Crippen molar-refractivity contribution in [3.8, 4) is 11.5 Å². The van der Waals surface area contributed by atoms with Gasteiger partial charge < -0.3 is 25.0 Å². The number of hydrogen-bond donors (Lipinski definition) is 3. The summed E-state index contributed by atoms with van der Waals surface area (Å²) in [5.74, 6) is 1.03. The molecule has 1 heterocycles. The standard InChI is InChI=1S/C13H17NO5/c1-8(15)14-5-4-10(16)13(17)9-2-3-11-12(6-9)19-7-18-11/h2-3,6,10,13,16-17H,4-5,7H2,1H3,(H,14,15). The van der Waals surface area contributed by atoms with Crippen LogP contribution in [0.1, 0.15) is 25.0 Å². The van der Waals surface area contributed by atoms with Crippen LogP contribution in [0.2, 0.25) is 0 Å². The molecule has 1 aliphatic heterocycles. The molecule has 0 saturated heterocycles. The minimum atomic E-state index is -1.02. The molecule has 0 aromatic heterocycles. The number of hydrogen-bond acceptors (Lipinski definition) is 5. The molecule has 6 heteroatoms. The zero-order valence-corrected chi connectivity index (χ0v) is 10.6. The molecule has 0 bridgehead atoms. The summed E-state index contributed by atoms with van der Waals surface area (Å²) in [7, 11) is 0. The van der Waals surface area contributed by atoms with Gasteiger partial charge in [-0.1, -0.05) is 6.07 Å². The van der Waals surface area contributed by atoms with Crippen molar-refractivity contribution < 1.29 is 24.5 Å². The van der Waals surface area contributed by atoms with Crippen molar-refractivity contribution in [2.75, 3.05) is 13.3 Å². The van der Waals surface area contributed by atoms with Crippen LogP contribution in [0.15, 0.2) is 18.2 Å². The van der Waals surface area contributed by atoms with Crippen molar-refractivity contribution >= 4 is 5.91 Å². The van der Waals surface area contributed by atoms with Crippen molar-refractivity contribution in [3.05, 3.63) is 23.8 Å². The average Bonchev–Trinajstić information content (AvgIpc) is 2.84. The fourth-order valence-electron chi connectivity index (χ4n) is 1.87. The van der Waals surface area contributed by atoms with Gasteiger partial charge in [0.25, 0.3) is 0 Å². The first-order chi connectivity index (χ1) is 9.08. The highest BCUT2D eigenvalue weighted by Gasteiger charge is 2.21. The van der Waals surface area contributed by atoms with E-state index in [4.69, 9.17) is 9.47 Å². The SMILES string of the molecule is CC(=O)NCCC(O)C(O)c1ccc2c(c1)OCO2. The van der Waals surface area contributed by atoms with E-state index >= 15 is 0 Å². The second-order valence-electron chi connectivity index (χ2n) is 4.40. The first kappa shape index (κ1) is 13.6. The van der Waals surface area contributed by atoms with Gasteiger partial charge in [0, 0.05) is 13.5 Å². The van der Waals surface area contributed by atoms with Gasteiger partial charge in [-0.2, -0.15) is 0 Å². The van der Waals surface area contributed by atoms with E-state index in [2.05, 4.69) is 5.32 Å². The highest BCUT2D eigenvalue weighted by molar-refractivity contribution is 5.72. The summed E-state index contributed by atoms with van der Waals surface area (Å²) in [5.41, 5.74) is 0.555. The molecule has 2 unspecified atom stereocenters. The van der Waals surface area contributed by atoms with E-state index < -0.39 is 12.2 Å². The van der Waals surface area contributed by atoms with Crippen molar-refractivity contribution in [1.82, 2.24) is 5.32 Å². The molecule has 104 valence electrons. The third-order valence-electron chi connectivity index (χ3n) is 2.92. The van der Waals surface area contributed by atoms with Crippen molar-refractivity contribution in [3.63, 3.8) is 0 Å². The van der Waals surface area contributed by atoms with Gasteiger partial charge in [-0.3, -0.25) is 4.79 Å². The number of fused-ring (bicyclic) bond motifs is 1. The summed E-state index contributed by atoms with van der Waals surface area (Å²) in [6.45, 7) is 1.89. The fourth-order valence-corrected chi connectivity index (χ4v) is 1.87. The molecule has 2 atom stereocenters. The van der Waals surface area contributed by atoms with Gasteiger partial charge in [0.05, 0.1) is 6.10 Å². The molecule has 1 aromatic carbocycles. The molecular formula is C13H17NO5. The molecule has 0 fully saturated rings. The number of benzene rings is 1. The van der Waals surface area contributed by atoms with Crippen LogP contribution in [0.5, 0.6) is 11.5 Å². The molecule has 0 saturated carbocycles. The first-order valence-electron chi connectivity index (χ1n) is 6.08. The van der Waals surface area contributed by atoms with E-state index in [0.29, 0.717) is 23.6 Å². The van der Waals surface area contributed by atoms with Gasteiger partial charge in [-0.05, 0) is 24.1 Å². The highest BCUT2D eigenvalue weighted by Crippen LogP contribution is 2.34. The molecule has 0 spiro atoms. The number of carbonyl (C=O) groups excluding carboxylic acids is 1. The second kappa shape index (κ2) is 5.90. The van der Waals surface area contributed by atoms with Crippen LogP contribution in [0, 0.1) is 0 Å². The molecule has 6 nitrogen and oxygen atoms in total. The number of carbonyl (C=O) groups is 1. The minimum absolute atomic E-state index is 0.162.